The molecule has 0 radical (unpaired) electrons. The Hall–Kier alpha value is -0.670. The van der Waals surface area contributed by atoms with Gasteiger partial charge < -0.3 is 10.2 Å². The number of nitrogens with one attached hydrogen (secondary N) is 1. The number of nitrogens with zero attached hydrogens (tertiary/aromatic N) is 1. The van der Waals surface area contributed by atoms with Gasteiger partial charge in [0.2, 0.25) is 0 Å². The average molecular weight is 264 g/mol. The second-order valence-electron chi connectivity index (χ2n) is 5.02. The molecule has 1 aliphatic rings. The fourth-order valence-corrected chi connectivity index (χ4v) is 4.14. The smallest absolute Gasteiger partial charge is 0.0537 e. The van der Waals surface area contributed by atoms with Crippen molar-refractivity contribution in [2.75, 3.05) is 25.5 Å². The van der Waals surface area contributed by atoms with Gasteiger partial charge in [0.25, 0.3) is 0 Å². The van der Waals surface area contributed by atoms with Gasteiger partial charge in [0.15, 0.2) is 0 Å². The van der Waals surface area contributed by atoms with E-state index in [0.29, 0.717) is 11.3 Å². The highest BCUT2D eigenvalue weighted by atomic mass is 32.2. The highest BCUT2D eigenvalue weighted by Crippen LogP contribution is 2.43. The van der Waals surface area contributed by atoms with Crippen LogP contribution in [0.15, 0.2) is 23.1 Å². The molecule has 1 aromatic carbocycles. The number of benzene rings is 1. The van der Waals surface area contributed by atoms with E-state index in [0.717, 1.165) is 13.0 Å². The van der Waals surface area contributed by atoms with Gasteiger partial charge in [-0.2, -0.15) is 0 Å². The van der Waals surface area contributed by atoms with Gasteiger partial charge >= 0.3 is 0 Å². The van der Waals surface area contributed by atoms with Crippen molar-refractivity contribution in [2.45, 2.75) is 42.9 Å². The minimum absolute atomic E-state index is 0.601. The second-order valence-corrected chi connectivity index (χ2v) is 6.30. The standard InChI is InChI=1S/C15H24N2S/c1-5-12-7-6-8-14-15(12)17(4)11(2)13(18-14)9-10-16-3/h6-8,11,13,16H,5,9-10H2,1-4H3. The van der Waals surface area contributed by atoms with E-state index in [4.69, 9.17) is 0 Å². The molecule has 0 fully saturated rings. The molecule has 0 spiro atoms. The van der Waals surface area contributed by atoms with Gasteiger partial charge in [-0.15, -0.1) is 11.8 Å². The molecule has 0 saturated heterocycles. The van der Waals surface area contributed by atoms with Crippen molar-refractivity contribution in [1.82, 2.24) is 5.32 Å². The van der Waals surface area contributed by atoms with Gasteiger partial charge in [0, 0.05) is 23.2 Å². The van der Waals surface area contributed by atoms with Crippen molar-refractivity contribution in [3.05, 3.63) is 23.8 Å². The molecular weight excluding hydrogens is 240 g/mol. The summed E-state index contributed by atoms with van der Waals surface area (Å²) in [5.74, 6) is 0. The number of hydrogen-bond acceptors (Lipinski definition) is 3. The van der Waals surface area contributed by atoms with Crippen LogP contribution in [0.5, 0.6) is 0 Å². The SMILES string of the molecule is CCc1cccc2c1N(C)C(C)C(CCNC)S2. The van der Waals surface area contributed by atoms with E-state index >= 15 is 0 Å². The summed E-state index contributed by atoms with van der Waals surface area (Å²) in [6.07, 6.45) is 2.34. The highest BCUT2D eigenvalue weighted by Gasteiger charge is 2.30. The number of para-hydroxylation sites is 1. The van der Waals surface area contributed by atoms with Gasteiger partial charge in [0.1, 0.15) is 0 Å². The normalized spacial score (nSPS) is 23.0. The molecule has 18 heavy (non-hydrogen) atoms. The van der Waals surface area contributed by atoms with Gasteiger partial charge in [0.05, 0.1) is 5.69 Å². The molecule has 2 atom stereocenters. The van der Waals surface area contributed by atoms with E-state index in [1.54, 1.807) is 0 Å². The summed E-state index contributed by atoms with van der Waals surface area (Å²) < 4.78 is 0. The van der Waals surface area contributed by atoms with Crippen LogP contribution in [-0.2, 0) is 6.42 Å². The zero-order chi connectivity index (χ0) is 13.1. The Bertz CT molecular complexity index is 405. The third kappa shape index (κ3) is 2.52. The van der Waals surface area contributed by atoms with Crippen LogP contribution >= 0.6 is 11.8 Å². The first-order valence-corrected chi connectivity index (χ1v) is 7.73. The molecule has 2 rings (SSSR count). The summed E-state index contributed by atoms with van der Waals surface area (Å²) in [5.41, 5.74) is 2.93. The lowest BCUT2D eigenvalue weighted by Crippen LogP contribution is -2.42. The number of aryl methyl sites for hydroxylation is 1. The number of anilines is 1. The van der Waals surface area contributed by atoms with Crippen molar-refractivity contribution in [3.8, 4) is 0 Å². The molecule has 1 N–H and O–H groups in total. The van der Waals surface area contributed by atoms with Crippen LogP contribution in [0.3, 0.4) is 0 Å². The van der Waals surface area contributed by atoms with Crippen molar-refractivity contribution in [1.29, 1.82) is 0 Å². The zero-order valence-corrected chi connectivity index (χ0v) is 12.7. The number of hydrogen-bond donors (Lipinski definition) is 1. The predicted molar refractivity (Wildman–Crippen MR) is 81.9 cm³/mol. The van der Waals surface area contributed by atoms with Crippen LogP contribution in [0.1, 0.15) is 25.8 Å². The molecule has 2 unspecified atom stereocenters. The van der Waals surface area contributed by atoms with Crippen molar-refractivity contribution >= 4 is 17.4 Å². The van der Waals surface area contributed by atoms with Crippen LogP contribution in [-0.4, -0.2) is 31.9 Å². The Balaban J connectivity index is 2.28. The minimum atomic E-state index is 0.601. The summed E-state index contributed by atoms with van der Waals surface area (Å²) in [5, 5.41) is 3.95. The molecule has 0 bridgehead atoms. The van der Waals surface area contributed by atoms with Crippen molar-refractivity contribution in [2.24, 2.45) is 0 Å². The first-order chi connectivity index (χ1) is 8.69. The number of thioether (sulfide) groups is 1. The lowest BCUT2D eigenvalue weighted by molar-refractivity contribution is 0.581. The lowest BCUT2D eigenvalue weighted by atomic mass is 10.1. The van der Waals surface area contributed by atoms with Gasteiger partial charge in [-0.1, -0.05) is 19.1 Å². The number of rotatable bonds is 4. The maximum atomic E-state index is 3.27. The van der Waals surface area contributed by atoms with E-state index in [1.807, 2.05) is 7.05 Å². The van der Waals surface area contributed by atoms with Gasteiger partial charge in [-0.25, -0.2) is 0 Å². The zero-order valence-electron chi connectivity index (χ0n) is 11.9. The summed E-state index contributed by atoms with van der Waals surface area (Å²) >= 11 is 2.06. The molecule has 3 heteroatoms. The van der Waals surface area contributed by atoms with E-state index in [9.17, 15) is 0 Å². The van der Waals surface area contributed by atoms with E-state index in [1.165, 1.54) is 22.6 Å². The molecule has 0 amide bonds. The molecular formula is C15H24N2S. The topological polar surface area (TPSA) is 15.3 Å². The molecule has 0 aliphatic carbocycles. The summed E-state index contributed by atoms with van der Waals surface area (Å²) in [7, 11) is 4.28. The average Bonchev–Trinajstić information content (AvgIpc) is 2.40. The molecule has 1 aliphatic heterocycles. The third-order valence-corrected chi connectivity index (χ3v) is 5.44. The fourth-order valence-electron chi connectivity index (χ4n) is 2.65. The molecule has 100 valence electrons. The highest BCUT2D eigenvalue weighted by molar-refractivity contribution is 8.00. The summed E-state index contributed by atoms with van der Waals surface area (Å²) in [4.78, 5) is 3.93. The quantitative estimate of drug-likeness (QED) is 0.899. The van der Waals surface area contributed by atoms with E-state index in [-0.39, 0.29) is 0 Å². The number of fused-ring (bicyclic) bond motifs is 1. The summed E-state index contributed by atoms with van der Waals surface area (Å²) in [6, 6.07) is 7.33. The van der Waals surface area contributed by atoms with Crippen LogP contribution in [0, 0.1) is 0 Å². The second kappa shape index (κ2) is 5.98. The third-order valence-electron chi connectivity index (χ3n) is 3.92. The first kappa shape index (κ1) is 13.8. The Morgan fingerprint density at radius 1 is 1.39 bits per heavy atom. The van der Waals surface area contributed by atoms with Crippen molar-refractivity contribution < 1.29 is 0 Å². The lowest BCUT2D eigenvalue weighted by Gasteiger charge is -2.40. The van der Waals surface area contributed by atoms with Crippen LogP contribution in [0.2, 0.25) is 0 Å². The maximum Gasteiger partial charge on any atom is 0.0537 e. The monoisotopic (exact) mass is 264 g/mol. The predicted octanol–water partition coefficient (Wildman–Crippen LogP) is 3.16. The molecule has 0 saturated carbocycles. The van der Waals surface area contributed by atoms with E-state index in [2.05, 4.69) is 61.1 Å². The van der Waals surface area contributed by atoms with Crippen LogP contribution in [0.4, 0.5) is 5.69 Å². The fraction of sp³-hybridized carbons (Fsp3) is 0.600. The molecule has 2 nitrogen and oxygen atoms in total. The Morgan fingerprint density at radius 3 is 2.83 bits per heavy atom. The van der Waals surface area contributed by atoms with Gasteiger partial charge in [-0.05, 0) is 45.0 Å². The molecule has 1 heterocycles. The Labute approximate surface area is 115 Å². The van der Waals surface area contributed by atoms with Gasteiger partial charge in [-0.3, -0.25) is 0 Å². The van der Waals surface area contributed by atoms with Crippen molar-refractivity contribution in [3.63, 3.8) is 0 Å². The van der Waals surface area contributed by atoms with Crippen LogP contribution < -0.4 is 10.2 Å². The molecule has 1 aromatic rings. The Morgan fingerprint density at radius 2 is 2.17 bits per heavy atom. The van der Waals surface area contributed by atoms with Crippen LogP contribution in [0.25, 0.3) is 0 Å². The minimum Gasteiger partial charge on any atom is -0.370 e. The maximum absolute atomic E-state index is 3.27. The van der Waals surface area contributed by atoms with E-state index < -0.39 is 0 Å². The molecule has 0 aromatic heterocycles. The largest absolute Gasteiger partial charge is 0.370 e. The summed E-state index contributed by atoms with van der Waals surface area (Å²) in [6.45, 7) is 5.69. The Kier molecular flexibility index (Phi) is 4.57. The first-order valence-electron chi connectivity index (χ1n) is 6.85.